The number of hydrogen-bond acceptors (Lipinski definition) is 3. The van der Waals surface area contributed by atoms with Crippen molar-refractivity contribution in [2.45, 2.75) is 25.3 Å². The maximum absolute atomic E-state index is 12.8. The van der Waals surface area contributed by atoms with Crippen LogP contribution in [0.25, 0.3) is 5.65 Å². The fraction of sp³-hybridized carbons (Fsp3) is 0.222. The number of benzene rings is 2. The molecule has 0 spiro atoms. The van der Waals surface area contributed by atoms with Crippen molar-refractivity contribution in [1.29, 1.82) is 0 Å². The summed E-state index contributed by atoms with van der Waals surface area (Å²) < 4.78 is 1.93. The summed E-state index contributed by atoms with van der Waals surface area (Å²) in [6.45, 7) is 1.83. The van der Waals surface area contributed by atoms with Gasteiger partial charge in [-0.2, -0.15) is 0 Å². The summed E-state index contributed by atoms with van der Waals surface area (Å²) in [5, 5.41) is 3.47. The van der Waals surface area contributed by atoms with Gasteiger partial charge >= 0.3 is 0 Å². The fourth-order valence-electron chi connectivity index (χ4n) is 4.47. The lowest BCUT2D eigenvalue weighted by Crippen LogP contribution is -2.38. The van der Waals surface area contributed by atoms with E-state index in [9.17, 15) is 9.59 Å². The topological polar surface area (TPSA) is 66.7 Å². The molecule has 0 unspecified atom stereocenters. The van der Waals surface area contributed by atoms with E-state index in [0.29, 0.717) is 41.7 Å². The number of carbonyl (C=O) groups is 2. The minimum absolute atomic E-state index is 0.0111. The lowest BCUT2D eigenvalue weighted by atomic mass is 9.88. The molecule has 1 aliphatic heterocycles. The summed E-state index contributed by atoms with van der Waals surface area (Å²) in [5.41, 5.74) is 4.25. The Morgan fingerprint density at radius 1 is 1.00 bits per heavy atom. The molecule has 1 fully saturated rings. The monoisotopic (exact) mass is 472 g/mol. The van der Waals surface area contributed by atoms with Gasteiger partial charge in [-0.25, -0.2) is 4.98 Å². The van der Waals surface area contributed by atoms with Crippen LogP contribution in [-0.4, -0.2) is 39.2 Å². The largest absolute Gasteiger partial charge is 0.348 e. The lowest BCUT2D eigenvalue weighted by Gasteiger charge is -2.32. The number of piperidine rings is 1. The maximum atomic E-state index is 12.8. The van der Waals surface area contributed by atoms with Gasteiger partial charge in [0.1, 0.15) is 5.65 Å². The summed E-state index contributed by atoms with van der Waals surface area (Å²) in [4.78, 5) is 31.6. The molecule has 7 heteroatoms. The Labute approximate surface area is 203 Å². The second kappa shape index (κ2) is 9.69. The third kappa shape index (κ3) is 4.68. The van der Waals surface area contributed by atoms with Crippen LogP contribution in [0.15, 0.2) is 79.3 Å². The molecule has 172 valence electrons. The number of amides is 2. The normalized spacial score (nSPS) is 14.3. The number of hydrogen-bond donors (Lipinski definition) is 1. The standard InChI is InChI=1S/C27H25ClN4O2/c28-24-4-2-1-3-23(24)27(34)32-14-10-21(11-15-32)20-5-7-22(8-6-20)26(33)30-18-19-9-13-31-16-12-29-25(31)17-19/h1-9,12-13,16-17,21H,10-11,14-15,18H2,(H,30,33). The number of pyridine rings is 1. The molecule has 1 N–H and O–H groups in total. The van der Waals surface area contributed by atoms with Crippen LogP contribution in [0.4, 0.5) is 0 Å². The highest BCUT2D eigenvalue weighted by Crippen LogP contribution is 2.29. The Hall–Kier alpha value is -3.64. The van der Waals surface area contributed by atoms with Crippen molar-refractivity contribution in [3.63, 3.8) is 0 Å². The predicted octanol–water partition coefficient (Wildman–Crippen LogP) is 4.94. The molecule has 2 aromatic heterocycles. The van der Waals surface area contributed by atoms with Crippen LogP contribution in [-0.2, 0) is 6.54 Å². The molecule has 1 saturated heterocycles. The van der Waals surface area contributed by atoms with Gasteiger partial charge in [-0.1, -0.05) is 35.9 Å². The number of aromatic nitrogens is 2. The number of nitrogens with one attached hydrogen (secondary N) is 1. The van der Waals surface area contributed by atoms with Crippen molar-refractivity contribution in [3.05, 3.63) is 107 Å². The van der Waals surface area contributed by atoms with Gasteiger partial charge in [0, 0.05) is 43.8 Å². The second-order valence-corrected chi connectivity index (χ2v) is 8.99. The van der Waals surface area contributed by atoms with Gasteiger partial charge in [0.2, 0.25) is 0 Å². The highest BCUT2D eigenvalue weighted by Gasteiger charge is 2.25. The van der Waals surface area contributed by atoms with Crippen LogP contribution in [0.2, 0.25) is 5.02 Å². The van der Waals surface area contributed by atoms with Crippen molar-refractivity contribution >= 4 is 29.1 Å². The van der Waals surface area contributed by atoms with Gasteiger partial charge in [0.25, 0.3) is 11.8 Å². The summed E-state index contributed by atoms with van der Waals surface area (Å²) in [6.07, 6.45) is 7.35. The van der Waals surface area contributed by atoms with E-state index in [-0.39, 0.29) is 11.8 Å². The Morgan fingerprint density at radius 3 is 2.53 bits per heavy atom. The van der Waals surface area contributed by atoms with E-state index in [1.54, 1.807) is 18.3 Å². The Morgan fingerprint density at radius 2 is 1.76 bits per heavy atom. The minimum atomic E-state index is -0.102. The van der Waals surface area contributed by atoms with Crippen LogP contribution < -0.4 is 5.32 Å². The Kier molecular flexibility index (Phi) is 6.32. The van der Waals surface area contributed by atoms with E-state index in [4.69, 9.17) is 11.6 Å². The summed E-state index contributed by atoms with van der Waals surface area (Å²) in [7, 11) is 0. The molecule has 1 aliphatic rings. The highest BCUT2D eigenvalue weighted by atomic mass is 35.5. The summed E-state index contributed by atoms with van der Waals surface area (Å²) in [5.74, 6) is 0.256. The molecule has 2 amide bonds. The molecule has 4 aromatic rings. The predicted molar refractivity (Wildman–Crippen MR) is 132 cm³/mol. The van der Waals surface area contributed by atoms with Crippen molar-refractivity contribution in [2.24, 2.45) is 0 Å². The first-order chi connectivity index (χ1) is 16.6. The zero-order valence-corrected chi connectivity index (χ0v) is 19.4. The summed E-state index contributed by atoms with van der Waals surface area (Å²) in [6, 6.07) is 18.9. The van der Waals surface area contributed by atoms with Crippen LogP contribution in [0.1, 0.15) is 50.6 Å². The van der Waals surface area contributed by atoms with Gasteiger partial charge in [0.05, 0.1) is 10.6 Å². The van der Waals surface area contributed by atoms with Crippen LogP contribution >= 0.6 is 11.6 Å². The van der Waals surface area contributed by atoms with Gasteiger partial charge in [-0.05, 0) is 66.3 Å². The number of carbonyl (C=O) groups excluding carboxylic acids is 2. The average Bonchev–Trinajstić information content (AvgIpc) is 3.35. The minimum Gasteiger partial charge on any atom is -0.348 e. The number of imidazole rings is 1. The molecule has 2 aromatic carbocycles. The molecule has 5 rings (SSSR count). The molecule has 3 heterocycles. The number of halogens is 1. The van der Waals surface area contributed by atoms with Gasteiger partial charge in [-0.15, -0.1) is 0 Å². The zero-order valence-electron chi connectivity index (χ0n) is 18.7. The SMILES string of the molecule is O=C(NCc1ccn2ccnc2c1)c1ccc(C2CCN(C(=O)c3ccccc3Cl)CC2)cc1. The summed E-state index contributed by atoms with van der Waals surface area (Å²) >= 11 is 6.19. The second-order valence-electron chi connectivity index (χ2n) is 8.58. The van der Waals surface area contributed by atoms with E-state index >= 15 is 0 Å². The van der Waals surface area contributed by atoms with E-state index in [1.807, 2.05) is 70.2 Å². The van der Waals surface area contributed by atoms with Gasteiger partial charge in [0.15, 0.2) is 0 Å². The Balaban J connectivity index is 1.15. The van der Waals surface area contributed by atoms with Crippen LogP contribution in [0.3, 0.4) is 0 Å². The number of rotatable bonds is 5. The number of likely N-dealkylation sites (tertiary alicyclic amines) is 1. The third-order valence-corrected chi connectivity index (χ3v) is 6.78. The van der Waals surface area contributed by atoms with Crippen LogP contribution in [0, 0.1) is 0 Å². The molecule has 0 atom stereocenters. The fourth-order valence-corrected chi connectivity index (χ4v) is 4.69. The van der Waals surface area contributed by atoms with E-state index in [1.165, 1.54) is 5.56 Å². The van der Waals surface area contributed by atoms with E-state index in [2.05, 4.69) is 10.3 Å². The van der Waals surface area contributed by atoms with Crippen molar-refractivity contribution in [1.82, 2.24) is 19.6 Å². The first-order valence-corrected chi connectivity index (χ1v) is 11.8. The quantitative estimate of drug-likeness (QED) is 0.447. The third-order valence-electron chi connectivity index (χ3n) is 6.45. The molecular formula is C27H25ClN4O2. The smallest absolute Gasteiger partial charge is 0.255 e. The van der Waals surface area contributed by atoms with Crippen molar-refractivity contribution in [2.75, 3.05) is 13.1 Å². The Bertz CT molecular complexity index is 1320. The molecule has 6 nitrogen and oxygen atoms in total. The van der Waals surface area contributed by atoms with E-state index in [0.717, 1.165) is 24.1 Å². The molecule has 0 aliphatic carbocycles. The van der Waals surface area contributed by atoms with Crippen molar-refractivity contribution in [3.8, 4) is 0 Å². The lowest BCUT2D eigenvalue weighted by molar-refractivity contribution is 0.0713. The zero-order chi connectivity index (χ0) is 23.5. The first kappa shape index (κ1) is 22.2. The highest BCUT2D eigenvalue weighted by molar-refractivity contribution is 6.33. The maximum Gasteiger partial charge on any atom is 0.255 e. The van der Waals surface area contributed by atoms with Crippen LogP contribution in [0.5, 0.6) is 0 Å². The molecule has 0 radical (unpaired) electrons. The van der Waals surface area contributed by atoms with Crippen molar-refractivity contribution < 1.29 is 9.59 Å². The molecule has 34 heavy (non-hydrogen) atoms. The van der Waals surface area contributed by atoms with Gasteiger partial charge < -0.3 is 14.6 Å². The first-order valence-electron chi connectivity index (χ1n) is 11.4. The van der Waals surface area contributed by atoms with E-state index < -0.39 is 0 Å². The number of fused-ring (bicyclic) bond motifs is 1. The molecule has 0 bridgehead atoms. The van der Waals surface area contributed by atoms with Gasteiger partial charge in [-0.3, -0.25) is 9.59 Å². The average molecular weight is 473 g/mol. The molecule has 0 saturated carbocycles. The molecular weight excluding hydrogens is 448 g/mol. The number of nitrogens with zero attached hydrogens (tertiary/aromatic N) is 3.